The molecule has 0 N–H and O–H groups in total. The molecule has 21 heavy (non-hydrogen) atoms. The van der Waals surface area contributed by atoms with E-state index < -0.39 is 14.9 Å². The first-order valence-corrected chi connectivity index (χ1v) is 8.06. The monoisotopic (exact) mass is 314 g/mol. The Morgan fingerprint density at radius 2 is 2.05 bits per heavy atom. The molecule has 1 aliphatic rings. The molecule has 1 heterocycles. The lowest BCUT2D eigenvalue weighted by atomic mass is 10.2. The highest BCUT2D eigenvalue weighted by molar-refractivity contribution is 7.89. The number of aryl methyl sites for hydroxylation is 1. The summed E-state index contributed by atoms with van der Waals surface area (Å²) in [5, 5.41) is 11.1. The quantitative estimate of drug-likeness (QED) is 0.625. The molecule has 1 aromatic rings. The van der Waals surface area contributed by atoms with Crippen LogP contribution in [0.1, 0.15) is 19.4 Å². The van der Waals surface area contributed by atoms with Crippen molar-refractivity contribution < 1.29 is 18.1 Å². The Bertz CT molecular complexity index is 659. The summed E-state index contributed by atoms with van der Waals surface area (Å²) in [7, 11) is -3.94. The Balaban J connectivity index is 2.56. The maximum Gasteiger partial charge on any atom is 0.289 e. The zero-order valence-electron chi connectivity index (χ0n) is 12.1. The molecule has 0 aromatic heterocycles. The van der Waals surface area contributed by atoms with Gasteiger partial charge in [0, 0.05) is 18.7 Å². The van der Waals surface area contributed by atoms with Crippen molar-refractivity contribution in [2.24, 2.45) is 0 Å². The average Bonchev–Trinajstić information content (AvgIpc) is 2.40. The van der Waals surface area contributed by atoms with Gasteiger partial charge in [-0.1, -0.05) is 12.1 Å². The second-order valence-electron chi connectivity index (χ2n) is 5.25. The highest BCUT2D eigenvalue weighted by Crippen LogP contribution is 2.31. The van der Waals surface area contributed by atoms with E-state index >= 15 is 0 Å². The first-order chi connectivity index (χ1) is 9.75. The number of hydrogen-bond donors (Lipinski definition) is 0. The van der Waals surface area contributed by atoms with E-state index in [4.69, 9.17) is 4.74 Å². The second-order valence-corrected chi connectivity index (χ2v) is 7.08. The molecule has 0 bridgehead atoms. The summed E-state index contributed by atoms with van der Waals surface area (Å²) in [5.74, 6) is 0. The lowest BCUT2D eigenvalue weighted by molar-refractivity contribution is -0.388. The summed E-state index contributed by atoms with van der Waals surface area (Å²) in [6.07, 6.45) is -0.237. The lowest BCUT2D eigenvalue weighted by Crippen LogP contribution is -2.50. The summed E-state index contributed by atoms with van der Waals surface area (Å²) < 4.78 is 32.4. The van der Waals surface area contributed by atoms with Crippen LogP contribution >= 0.6 is 0 Å². The van der Waals surface area contributed by atoms with Crippen LogP contribution < -0.4 is 0 Å². The van der Waals surface area contributed by atoms with Crippen molar-refractivity contribution in [3.8, 4) is 0 Å². The minimum absolute atomic E-state index is 0.189. The molecule has 1 fully saturated rings. The number of nitrogens with zero attached hydrogens (tertiary/aromatic N) is 2. The molecular weight excluding hydrogens is 296 g/mol. The SMILES string of the molecule is Cc1cccc([N+](=O)[O-])c1S(=O)(=O)N1C[C@H](C)OC[C@@H]1C. The topological polar surface area (TPSA) is 89.8 Å². The van der Waals surface area contributed by atoms with Crippen molar-refractivity contribution in [2.45, 2.75) is 37.8 Å². The van der Waals surface area contributed by atoms with Gasteiger partial charge in [-0.3, -0.25) is 10.1 Å². The summed E-state index contributed by atoms with van der Waals surface area (Å²) >= 11 is 0. The second kappa shape index (κ2) is 5.70. The molecule has 7 nitrogen and oxygen atoms in total. The van der Waals surface area contributed by atoms with Crippen LogP contribution in [0.2, 0.25) is 0 Å². The summed E-state index contributed by atoms with van der Waals surface area (Å²) in [6, 6.07) is 3.91. The molecule has 0 spiro atoms. The number of ether oxygens (including phenoxy) is 1. The van der Waals surface area contributed by atoms with E-state index in [2.05, 4.69) is 0 Å². The Morgan fingerprint density at radius 1 is 1.38 bits per heavy atom. The third-order valence-corrected chi connectivity index (χ3v) is 5.68. The van der Waals surface area contributed by atoms with E-state index in [1.165, 1.54) is 16.4 Å². The molecule has 1 aromatic carbocycles. The minimum atomic E-state index is -3.94. The molecule has 1 aliphatic heterocycles. The molecule has 2 atom stereocenters. The van der Waals surface area contributed by atoms with Crippen LogP contribution in [0.15, 0.2) is 23.1 Å². The first kappa shape index (κ1) is 15.9. The van der Waals surface area contributed by atoms with Crippen LogP contribution in [0.5, 0.6) is 0 Å². The summed E-state index contributed by atoms with van der Waals surface area (Å²) in [4.78, 5) is 10.3. The molecule has 8 heteroatoms. The van der Waals surface area contributed by atoms with Gasteiger partial charge in [-0.05, 0) is 26.3 Å². The predicted octanol–water partition coefficient (Wildman–Crippen LogP) is 1.70. The molecule has 116 valence electrons. The van der Waals surface area contributed by atoms with Crippen LogP contribution in [-0.2, 0) is 14.8 Å². The fourth-order valence-corrected chi connectivity index (χ4v) is 4.50. The summed E-state index contributed by atoms with van der Waals surface area (Å²) in [6.45, 7) is 5.54. The first-order valence-electron chi connectivity index (χ1n) is 6.62. The fourth-order valence-electron chi connectivity index (χ4n) is 2.44. The number of hydrogen-bond acceptors (Lipinski definition) is 5. The average molecular weight is 314 g/mol. The smallest absolute Gasteiger partial charge is 0.289 e. The van der Waals surface area contributed by atoms with E-state index in [1.807, 2.05) is 0 Å². The Hall–Kier alpha value is -1.51. The number of sulfonamides is 1. The standard InChI is InChI=1S/C13H18N2O5S/c1-9-5-4-6-12(15(16)17)13(9)21(18,19)14-7-11(3)20-8-10(14)2/h4-6,10-11H,7-8H2,1-3H3/t10-,11-/m0/s1. The third kappa shape index (κ3) is 2.92. The normalized spacial score (nSPS) is 24.0. The van der Waals surface area contributed by atoms with Crippen molar-refractivity contribution in [3.63, 3.8) is 0 Å². The Morgan fingerprint density at radius 3 is 2.67 bits per heavy atom. The molecular formula is C13H18N2O5S. The largest absolute Gasteiger partial charge is 0.375 e. The van der Waals surface area contributed by atoms with E-state index in [0.717, 1.165) is 0 Å². The van der Waals surface area contributed by atoms with Crippen molar-refractivity contribution >= 4 is 15.7 Å². The van der Waals surface area contributed by atoms with E-state index in [-0.39, 0.29) is 35.9 Å². The summed E-state index contributed by atoms with van der Waals surface area (Å²) in [5.41, 5.74) is -0.0168. The van der Waals surface area contributed by atoms with Gasteiger partial charge < -0.3 is 4.74 Å². The van der Waals surface area contributed by atoms with Crippen molar-refractivity contribution in [1.82, 2.24) is 4.31 Å². The van der Waals surface area contributed by atoms with Gasteiger partial charge in [-0.25, -0.2) is 8.42 Å². The highest BCUT2D eigenvalue weighted by Gasteiger charge is 2.38. The van der Waals surface area contributed by atoms with Gasteiger partial charge in [-0.2, -0.15) is 4.31 Å². The van der Waals surface area contributed by atoms with Crippen molar-refractivity contribution in [1.29, 1.82) is 0 Å². The molecule has 0 aliphatic carbocycles. The van der Waals surface area contributed by atoms with E-state index in [9.17, 15) is 18.5 Å². The van der Waals surface area contributed by atoms with Crippen LogP contribution in [-0.4, -0.2) is 42.9 Å². The van der Waals surface area contributed by atoms with Gasteiger partial charge in [0.2, 0.25) is 0 Å². The third-order valence-electron chi connectivity index (χ3n) is 3.51. The highest BCUT2D eigenvalue weighted by atomic mass is 32.2. The van der Waals surface area contributed by atoms with Crippen LogP contribution in [0.3, 0.4) is 0 Å². The lowest BCUT2D eigenvalue weighted by Gasteiger charge is -2.35. The number of morpholine rings is 1. The number of nitro benzene ring substituents is 1. The van der Waals surface area contributed by atoms with Gasteiger partial charge in [0.1, 0.15) is 0 Å². The maximum atomic E-state index is 12.9. The van der Waals surface area contributed by atoms with Gasteiger partial charge in [-0.15, -0.1) is 0 Å². The van der Waals surface area contributed by atoms with Gasteiger partial charge in [0.15, 0.2) is 4.90 Å². The number of benzene rings is 1. The van der Waals surface area contributed by atoms with E-state index in [0.29, 0.717) is 5.56 Å². The van der Waals surface area contributed by atoms with E-state index in [1.54, 1.807) is 26.8 Å². The minimum Gasteiger partial charge on any atom is -0.375 e. The molecule has 0 saturated carbocycles. The molecule has 1 saturated heterocycles. The van der Waals surface area contributed by atoms with Gasteiger partial charge >= 0.3 is 0 Å². The molecule has 0 radical (unpaired) electrons. The van der Waals surface area contributed by atoms with Crippen LogP contribution in [0.4, 0.5) is 5.69 Å². The maximum absolute atomic E-state index is 12.9. The predicted molar refractivity (Wildman–Crippen MR) is 76.6 cm³/mol. The Labute approximate surface area is 123 Å². The zero-order valence-corrected chi connectivity index (χ0v) is 13.0. The number of rotatable bonds is 3. The molecule has 2 rings (SSSR count). The van der Waals surface area contributed by atoms with Crippen LogP contribution in [0, 0.1) is 17.0 Å². The molecule has 0 unspecified atom stereocenters. The Kier molecular flexibility index (Phi) is 4.31. The van der Waals surface area contributed by atoms with Gasteiger partial charge in [0.05, 0.1) is 17.6 Å². The van der Waals surface area contributed by atoms with Crippen molar-refractivity contribution in [2.75, 3.05) is 13.2 Å². The van der Waals surface area contributed by atoms with Crippen molar-refractivity contribution in [3.05, 3.63) is 33.9 Å². The number of nitro groups is 1. The fraction of sp³-hybridized carbons (Fsp3) is 0.538. The molecule has 0 amide bonds. The van der Waals surface area contributed by atoms with Crippen LogP contribution in [0.25, 0.3) is 0 Å². The zero-order chi connectivity index (χ0) is 15.8. The van der Waals surface area contributed by atoms with Gasteiger partial charge in [0.25, 0.3) is 15.7 Å².